The summed E-state index contributed by atoms with van der Waals surface area (Å²) >= 11 is 1.29. The molecule has 0 saturated heterocycles. The molecule has 1 aromatic heterocycles. The van der Waals surface area contributed by atoms with Gasteiger partial charge in [0.05, 0.1) is 16.8 Å². The molecular formula is C14H14N2O2S. The average molecular weight is 274 g/mol. The highest BCUT2D eigenvalue weighted by Gasteiger charge is 2.20. The molecule has 0 saturated carbocycles. The summed E-state index contributed by atoms with van der Waals surface area (Å²) in [6.45, 7) is 0. The molecule has 1 aromatic carbocycles. The lowest BCUT2D eigenvalue weighted by molar-refractivity contribution is -0.133. The van der Waals surface area contributed by atoms with Gasteiger partial charge in [0.25, 0.3) is 0 Å². The summed E-state index contributed by atoms with van der Waals surface area (Å²) in [4.78, 5) is 15.3. The summed E-state index contributed by atoms with van der Waals surface area (Å²) in [5.41, 5.74) is 2.02. The Hall–Kier alpha value is -1.75. The number of hydrogen-bond acceptors (Lipinski definition) is 3. The molecule has 0 bridgehead atoms. The molecule has 0 fully saturated rings. The van der Waals surface area contributed by atoms with Crippen molar-refractivity contribution in [3.63, 3.8) is 0 Å². The maximum absolute atomic E-state index is 10.8. The standard InChI is InChI=1S/C14H14N2O2S/c17-13(18)9-19-14-15-11-7-3-4-8-12(11)16(14)10-5-1-2-6-10/h1-4,7-8,10H,5-6,9H2,(H,17,18). The summed E-state index contributed by atoms with van der Waals surface area (Å²) in [7, 11) is 0. The fourth-order valence-electron chi connectivity index (χ4n) is 2.42. The molecule has 4 nitrogen and oxygen atoms in total. The molecule has 98 valence electrons. The van der Waals surface area contributed by atoms with E-state index >= 15 is 0 Å². The number of imidazole rings is 1. The predicted molar refractivity (Wildman–Crippen MR) is 75.5 cm³/mol. The van der Waals surface area contributed by atoms with Crippen LogP contribution in [0.1, 0.15) is 18.9 Å². The van der Waals surface area contributed by atoms with E-state index in [9.17, 15) is 4.79 Å². The minimum absolute atomic E-state index is 0.0451. The number of carbonyl (C=O) groups is 1. The number of fused-ring (bicyclic) bond motifs is 1. The highest BCUT2D eigenvalue weighted by Crippen LogP contribution is 2.33. The van der Waals surface area contributed by atoms with E-state index in [1.54, 1.807) is 0 Å². The molecule has 0 unspecified atom stereocenters. The molecular weight excluding hydrogens is 260 g/mol. The van der Waals surface area contributed by atoms with E-state index in [0.717, 1.165) is 29.0 Å². The Labute approximate surface area is 115 Å². The maximum atomic E-state index is 10.8. The molecule has 5 heteroatoms. The van der Waals surface area contributed by atoms with Gasteiger partial charge in [0.15, 0.2) is 5.16 Å². The Kier molecular flexibility index (Phi) is 3.29. The van der Waals surface area contributed by atoms with Gasteiger partial charge in [-0.3, -0.25) is 4.79 Å². The smallest absolute Gasteiger partial charge is 0.313 e. The summed E-state index contributed by atoms with van der Waals surface area (Å²) in [6, 6.07) is 8.33. The van der Waals surface area contributed by atoms with Gasteiger partial charge in [-0.25, -0.2) is 4.98 Å². The number of para-hydroxylation sites is 2. The van der Waals surface area contributed by atoms with E-state index in [-0.39, 0.29) is 5.75 Å². The Balaban J connectivity index is 2.03. The topological polar surface area (TPSA) is 55.1 Å². The van der Waals surface area contributed by atoms with Gasteiger partial charge in [-0.1, -0.05) is 36.0 Å². The zero-order valence-corrected chi connectivity index (χ0v) is 11.1. The second kappa shape index (κ2) is 5.09. The number of rotatable bonds is 4. The largest absolute Gasteiger partial charge is 0.481 e. The predicted octanol–water partition coefficient (Wildman–Crippen LogP) is 3.10. The summed E-state index contributed by atoms with van der Waals surface area (Å²) in [5, 5.41) is 9.64. The zero-order chi connectivity index (χ0) is 13.2. The number of allylic oxidation sites excluding steroid dienone is 2. The molecule has 0 radical (unpaired) electrons. The lowest BCUT2D eigenvalue weighted by Crippen LogP contribution is -2.08. The molecule has 0 aliphatic heterocycles. The van der Waals surface area contributed by atoms with Crippen LogP contribution in [0.4, 0.5) is 0 Å². The van der Waals surface area contributed by atoms with E-state index in [0.29, 0.717) is 6.04 Å². The van der Waals surface area contributed by atoms with Gasteiger partial charge in [-0.2, -0.15) is 0 Å². The van der Waals surface area contributed by atoms with Gasteiger partial charge in [-0.15, -0.1) is 0 Å². The first kappa shape index (κ1) is 12.3. The van der Waals surface area contributed by atoms with E-state index < -0.39 is 5.97 Å². The molecule has 1 heterocycles. The molecule has 1 aliphatic rings. The number of carboxylic acids is 1. The fourth-order valence-corrected chi connectivity index (χ4v) is 3.22. The lowest BCUT2D eigenvalue weighted by Gasteiger charge is -2.15. The molecule has 0 spiro atoms. The minimum Gasteiger partial charge on any atom is -0.481 e. The first-order valence-electron chi connectivity index (χ1n) is 6.22. The van der Waals surface area contributed by atoms with Crippen molar-refractivity contribution in [2.24, 2.45) is 0 Å². The third-order valence-corrected chi connectivity index (χ3v) is 4.17. The Morgan fingerprint density at radius 1 is 1.37 bits per heavy atom. The van der Waals surface area contributed by atoms with E-state index in [4.69, 9.17) is 5.11 Å². The molecule has 0 amide bonds. The quantitative estimate of drug-likeness (QED) is 0.687. The number of hydrogen-bond donors (Lipinski definition) is 1. The van der Waals surface area contributed by atoms with Crippen LogP contribution in [-0.2, 0) is 4.79 Å². The van der Waals surface area contributed by atoms with Crippen LogP contribution in [0.5, 0.6) is 0 Å². The molecule has 0 atom stereocenters. The van der Waals surface area contributed by atoms with E-state index in [1.165, 1.54) is 11.8 Å². The van der Waals surface area contributed by atoms with Crippen LogP contribution < -0.4 is 0 Å². The third kappa shape index (κ3) is 2.38. The third-order valence-electron chi connectivity index (χ3n) is 3.24. The minimum atomic E-state index is -0.812. The van der Waals surface area contributed by atoms with Crippen LogP contribution in [0.3, 0.4) is 0 Å². The second-order valence-electron chi connectivity index (χ2n) is 4.53. The van der Waals surface area contributed by atoms with Gasteiger partial charge in [-0.05, 0) is 25.0 Å². The van der Waals surface area contributed by atoms with Crippen LogP contribution in [0.25, 0.3) is 11.0 Å². The first-order chi connectivity index (χ1) is 9.25. The van der Waals surface area contributed by atoms with Crippen molar-refractivity contribution in [2.75, 3.05) is 5.75 Å². The van der Waals surface area contributed by atoms with Gasteiger partial charge < -0.3 is 9.67 Å². The van der Waals surface area contributed by atoms with Crippen LogP contribution >= 0.6 is 11.8 Å². The normalized spacial score (nSPS) is 15.4. The summed E-state index contributed by atoms with van der Waals surface area (Å²) < 4.78 is 2.18. The van der Waals surface area contributed by atoms with Crippen LogP contribution in [0.15, 0.2) is 41.6 Å². The van der Waals surface area contributed by atoms with Crippen LogP contribution in [0.2, 0.25) is 0 Å². The van der Waals surface area contributed by atoms with Gasteiger partial charge in [0, 0.05) is 6.04 Å². The van der Waals surface area contributed by atoms with Crippen molar-refractivity contribution < 1.29 is 9.90 Å². The van der Waals surface area contributed by atoms with Gasteiger partial charge in [0.2, 0.25) is 0 Å². The highest BCUT2D eigenvalue weighted by molar-refractivity contribution is 7.99. The van der Waals surface area contributed by atoms with Crippen molar-refractivity contribution in [1.82, 2.24) is 9.55 Å². The molecule has 19 heavy (non-hydrogen) atoms. The molecule has 3 rings (SSSR count). The van der Waals surface area contributed by atoms with Gasteiger partial charge >= 0.3 is 5.97 Å². The Morgan fingerprint density at radius 3 is 2.84 bits per heavy atom. The average Bonchev–Trinajstić information content (AvgIpc) is 3.02. The Morgan fingerprint density at radius 2 is 2.11 bits per heavy atom. The van der Waals surface area contributed by atoms with Crippen molar-refractivity contribution in [3.05, 3.63) is 36.4 Å². The van der Waals surface area contributed by atoms with E-state index in [2.05, 4.69) is 21.7 Å². The zero-order valence-electron chi connectivity index (χ0n) is 10.3. The van der Waals surface area contributed by atoms with Crippen LogP contribution in [-0.4, -0.2) is 26.4 Å². The van der Waals surface area contributed by atoms with Crippen molar-refractivity contribution in [1.29, 1.82) is 0 Å². The van der Waals surface area contributed by atoms with Crippen molar-refractivity contribution in [2.45, 2.75) is 24.0 Å². The summed E-state index contributed by atoms with van der Waals surface area (Å²) in [6.07, 6.45) is 6.32. The number of aromatic nitrogens is 2. The maximum Gasteiger partial charge on any atom is 0.313 e. The number of aliphatic carboxylic acids is 1. The van der Waals surface area contributed by atoms with E-state index in [1.807, 2.05) is 24.3 Å². The first-order valence-corrected chi connectivity index (χ1v) is 7.21. The second-order valence-corrected chi connectivity index (χ2v) is 5.47. The highest BCUT2D eigenvalue weighted by atomic mass is 32.2. The number of benzene rings is 1. The molecule has 1 aliphatic carbocycles. The Bertz CT molecular complexity index is 640. The van der Waals surface area contributed by atoms with Gasteiger partial charge in [0.1, 0.15) is 0 Å². The monoisotopic (exact) mass is 274 g/mol. The number of thioether (sulfide) groups is 1. The number of carboxylic acid groups (broad SMARTS) is 1. The number of nitrogens with zero attached hydrogens (tertiary/aromatic N) is 2. The van der Waals surface area contributed by atoms with Crippen molar-refractivity contribution in [3.8, 4) is 0 Å². The SMILES string of the molecule is O=C(O)CSc1nc2ccccc2n1C1CC=CC1. The fraction of sp³-hybridized carbons (Fsp3) is 0.286. The lowest BCUT2D eigenvalue weighted by atomic mass is 10.2. The molecule has 2 aromatic rings. The molecule has 1 N–H and O–H groups in total. The summed E-state index contributed by atoms with van der Waals surface area (Å²) in [5.74, 6) is -0.767. The van der Waals surface area contributed by atoms with Crippen LogP contribution in [0, 0.1) is 0 Å². The van der Waals surface area contributed by atoms with Crippen molar-refractivity contribution >= 4 is 28.8 Å².